The number of halogens is 1. The highest BCUT2D eigenvalue weighted by atomic mass is 35.5. The van der Waals surface area contributed by atoms with E-state index in [1.807, 2.05) is 44.6 Å². The predicted molar refractivity (Wildman–Crippen MR) is 76.2 cm³/mol. The Labute approximate surface area is 112 Å². The van der Waals surface area contributed by atoms with Crippen molar-refractivity contribution in [1.29, 1.82) is 0 Å². The van der Waals surface area contributed by atoms with Gasteiger partial charge in [-0.25, -0.2) is 0 Å². The Kier molecular flexibility index (Phi) is 3.55. The van der Waals surface area contributed by atoms with E-state index in [1.165, 1.54) is 0 Å². The summed E-state index contributed by atoms with van der Waals surface area (Å²) in [5.74, 6) is 0.975. The number of aromatic nitrogens is 1. The van der Waals surface area contributed by atoms with Crippen molar-refractivity contribution in [2.24, 2.45) is 0 Å². The van der Waals surface area contributed by atoms with Crippen LogP contribution < -0.4 is 0 Å². The molecule has 3 aromatic rings. The SMILES string of the molecule is CN(C)Cc1cc2cnc3ccccc3c2o1.Cl. The Balaban J connectivity index is 0.00000120. The van der Waals surface area contributed by atoms with E-state index in [9.17, 15) is 0 Å². The molecule has 1 aromatic carbocycles. The van der Waals surface area contributed by atoms with Gasteiger partial charge in [-0.15, -0.1) is 12.4 Å². The van der Waals surface area contributed by atoms with Crippen molar-refractivity contribution < 1.29 is 4.42 Å². The first-order valence-electron chi connectivity index (χ1n) is 5.65. The molecule has 94 valence electrons. The maximum Gasteiger partial charge on any atom is 0.145 e. The van der Waals surface area contributed by atoms with Gasteiger partial charge in [0, 0.05) is 17.0 Å². The summed E-state index contributed by atoms with van der Waals surface area (Å²) in [6, 6.07) is 10.1. The van der Waals surface area contributed by atoms with E-state index in [1.54, 1.807) is 0 Å². The van der Waals surface area contributed by atoms with Gasteiger partial charge in [-0.1, -0.05) is 12.1 Å². The third-order valence-electron chi connectivity index (χ3n) is 2.78. The van der Waals surface area contributed by atoms with E-state index in [0.29, 0.717) is 0 Å². The number of hydrogen-bond donors (Lipinski definition) is 0. The van der Waals surface area contributed by atoms with Crippen molar-refractivity contribution in [3.63, 3.8) is 0 Å². The van der Waals surface area contributed by atoms with Crippen LogP contribution in [0.1, 0.15) is 5.76 Å². The Bertz CT molecular complexity index is 676. The van der Waals surface area contributed by atoms with Crippen LogP contribution in [0, 0.1) is 0 Å². The molecule has 2 heterocycles. The van der Waals surface area contributed by atoms with E-state index in [0.717, 1.165) is 34.2 Å². The molecule has 0 aliphatic rings. The largest absolute Gasteiger partial charge is 0.459 e. The summed E-state index contributed by atoms with van der Waals surface area (Å²) in [5.41, 5.74) is 1.92. The van der Waals surface area contributed by atoms with Gasteiger partial charge in [0.05, 0.1) is 12.1 Å². The van der Waals surface area contributed by atoms with Crippen LogP contribution in [0.4, 0.5) is 0 Å². The van der Waals surface area contributed by atoms with Gasteiger partial charge < -0.3 is 9.32 Å². The first-order valence-corrected chi connectivity index (χ1v) is 5.65. The number of fused-ring (bicyclic) bond motifs is 3. The summed E-state index contributed by atoms with van der Waals surface area (Å²) in [6.07, 6.45) is 1.88. The second kappa shape index (κ2) is 4.96. The number of furan rings is 1. The van der Waals surface area contributed by atoms with Crippen LogP contribution in [0.2, 0.25) is 0 Å². The second-order valence-corrected chi connectivity index (χ2v) is 4.51. The zero-order valence-corrected chi connectivity index (χ0v) is 11.2. The van der Waals surface area contributed by atoms with Crippen LogP contribution in [0.5, 0.6) is 0 Å². The average Bonchev–Trinajstić information content (AvgIpc) is 2.70. The van der Waals surface area contributed by atoms with Crippen molar-refractivity contribution in [3.05, 3.63) is 42.3 Å². The highest BCUT2D eigenvalue weighted by Crippen LogP contribution is 2.26. The molecule has 0 unspecified atom stereocenters. The third kappa shape index (κ3) is 2.19. The summed E-state index contributed by atoms with van der Waals surface area (Å²) >= 11 is 0. The van der Waals surface area contributed by atoms with Gasteiger partial charge in [-0.3, -0.25) is 4.98 Å². The van der Waals surface area contributed by atoms with Crippen LogP contribution in [-0.4, -0.2) is 24.0 Å². The van der Waals surface area contributed by atoms with Crippen LogP contribution in [0.25, 0.3) is 21.9 Å². The van der Waals surface area contributed by atoms with Crippen LogP contribution >= 0.6 is 12.4 Å². The molecule has 0 saturated heterocycles. The molecule has 0 bridgehead atoms. The summed E-state index contributed by atoms with van der Waals surface area (Å²) in [6.45, 7) is 0.809. The molecule has 2 aromatic heterocycles. The highest BCUT2D eigenvalue weighted by molar-refractivity contribution is 6.01. The topological polar surface area (TPSA) is 29.3 Å². The number of pyridine rings is 1. The molecular formula is C14H15ClN2O. The Morgan fingerprint density at radius 3 is 2.78 bits per heavy atom. The fourth-order valence-corrected chi connectivity index (χ4v) is 2.07. The van der Waals surface area contributed by atoms with Crippen molar-refractivity contribution in [1.82, 2.24) is 9.88 Å². The molecule has 3 rings (SSSR count). The first-order chi connectivity index (χ1) is 8.24. The number of hydrogen-bond acceptors (Lipinski definition) is 3. The van der Waals surface area contributed by atoms with E-state index in [4.69, 9.17) is 4.42 Å². The first kappa shape index (κ1) is 12.9. The predicted octanol–water partition coefficient (Wildman–Crippen LogP) is 3.46. The van der Waals surface area contributed by atoms with E-state index in [2.05, 4.69) is 16.0 Å². The monoisotopic (exact) mass is 262 g/mol. The van der Waals surface area contributed by atoms with Crippen LogP contribution in [-0.2, 0) is 6.54 Å². The van der Waals surface area contributed by atoms with E-state index < -0.39 is 0 Å². The van der Waals surface area contributed by atoms with Gasteiger partial charge in [0.2, 0.25) is 0 Å². The lowest BCUT2D eigenvalue weighted by Crippen LogP contribution is -2.09. The van der Waals surface area contributed by atoms with Gasteiger partial charge in [0.1, 0.15) is 11.3 Å². The zero-order chi connectivity index (χ0) is 11.8. The van der Waals surface area contributed by atoms with E-state index >= 15 is 0 Å². The molecule has 0 radical (unpaired) electrons. The van der Waals surface area contributed by atoms with Gasteiger partial charge in [0.25, 0.3) is 0 Å². The molecule has 4 heteroatoms. The van der Waals surface area contributed by atoms with Crippen molar-refractivity contribution in [3.8, 4) is 0 Å². The molecular weight excluding hydrogens is 248 g/mol. The van der Waals surface area contributed by atoms with Crippen molar-refractivity contribution >= 4 is 34.3 Å². The number of para-hydroxylation sites is 1. The normalized spacial score (nSPS) is 11.1. The van der Waals surface area contributed by atoms with Gasteiger partial charge in [-0.05, 0) is 32.3 Å². The zero-order valence-electron chi connectivity index (χ0n) is 10.4. The lowest BCUT2D eigenvalue weighted by atomic mass is 10.2. The van der Waals surface area contributed by atoms with Crippen molar-refractivity contribution in [2.75, 3.05) is 14.1 Å². The van der Waals surface area contributed by atoms with Crippen LogP contribution in [0.15, 0.2) is 40.9 Å². The summed E-state index contributed by atoms with van der Waals surface area (Å²) in [4.78, 5) is 6.52. The smallest absolute Gasteiger partial charge is 0.145 e. The van der Waals surface area contributed by atoms with Gasteiger partial charge in [-0.2, -0.15) is 0 Å². The Hall–Kier alpha value is -1.58. The molecule has 0 amide bonds. The lowest BCUT2D eigenvalue weighted by Gasteiger charge is -2.05. The molecule has 0 atom stereocenters. The molecule has 0 saturated carbocycles. The fourth-order valence-electron chi connectivity index (χ4n) is 2.07. The average molecular weight is 263 g/mol. The molecule has 0 fully saturated rings. The maximum absolute atomic E-state index is 5.91. The molecule has 0 N–H and O–H groups in total. The van der Waals surface area contributed by atoms with Crippen molar-refractivity contribution in [2.45, 2.75) is 6.54 Å². The Morgan fingerprint density at radius 2 is 2.00 bits per heavy atom. The van der Waals surface area contributed by atoms with Gasteiger partial charge in [0.15, 0.2) is 0 Å². The molecule has 0 aliphatic heterocycles. The second-order valence-electron chi connectivity index (χ2n) is 4.51. The summed E-state index contributed by atoms with van der Waals surface area (Å²) < 4.78 is 5.91. The Morgan fingerprint density at radius 1 is 1.22 bits per heavy atom. The fraction of sp³-hybridized carbons (Fsp3) is 0.214. The quantitative estimate of drug-likeness (QED) is 0.708. The van der Waals surface area contributed by atoms with Crippen LogP contribution in [0.3, 0.4) is 0 Å². The third-order valence-corrected chi connectivity index (χ3v) is 2.78. The standard InChI is InChI=1S/C14H14N2O.ClH/c1-16(2)9-11-7-10-8-15-13-6-4-3-5-12(13)14(10)17-11;/h3-8H,9H2,1-2H3;1H. The minimum absolute atomic E-state index is 0. The molecule has 0 aliphatic carbocycles. The van der Waals surface area contributed by atoms with E-state index in [-0.39, 0.29) is 12.4 Å². The minimum atomic E-state index is 0. The number of nitrogens with zero attached hydrogens (tertiary/aromatic N) is 2. The maximum atomic E-state index is 5.91. The molecule has 18 heavy (non-hydrogen) atoms. The minimum Gasteiger partial charge on any atom is -0.459 e. The van der Waals surface area contributed by atoms with Gasteiger partial charge >= 0.3 is 0 Å². The molecule has 0 spiro atoms. The summed E-state index contributed by atoms with van der Waals surface area (Å²) in [5, 5.41) is 2.15. The summed E-state index contributed by atoms with van der Waals surface area (Å²) in [7, 11) is 4.06. The number of benzene rings is 1. The number of rotatable bonds is 2. The molecule has 3 nitrogen and oxygen atoms in total. The highest BCUT2D eigenvalue weighted by Gasteiger charge is 2.08. The lowest BCUT2D eigenvalue weighted by molar-refractivity contribution is 0.358.